The Bertz CT molecular complexity index is 958. The third-order valence-electron chi connectivity index (χ3n) is 8.80. The average Bonchev–Trinajstić information content (AvgIpc) is 2.74. The summed E-state index contributed by atoms with van der Waals surface area (Å²) in [6.07, 6.45) is -3.38. The number of aliphatic hydroxyl groups is 3. The quantitative estimate of drug-likeness (QED) is 0.323. The minimum Gasteiger partial charge on any atom is -0.438 e. The number of carbonyl (C=O) groups is 3. The molecule has 2 saturated carbocycles. The van der Waals surface area contributed by atoms with Crippen LogP contribution in [0.3, 0.4) is 0 Å². The van der Waals surface area contributed by atoms with E-state index in [9.17, 15) is 29.7 Å². The maximum Gasteiger partial charge on any atom is 0.441 e. The highest BCUT2D eigenvalue weighted by Gasteiger charge is 2.81. The molecule has 1 heterocycles. The predicted molar refractivity (Wildman–Crippen MR) is 128 cm³/mol. The third kappa shape index (κ3) is 3.88. The van der Waals surface area contributed by atoms with Gasteiger partial charge < -0.3 is 29.6 Å². The minimum atomic E-state index is -2.34. The Morgan fingerprint density at radius 2 is 1.75 bits per heavy atom. The van der Waals surface area contributed by atoms with E-state index in [4.69, 9.17) is 14.3 Å². The molecule has 3 rings (SSSR count). The molecule has 3 fully saturated rings. The summed E-state index contributed by atoms with van der Waals surface area (Å²) in [6, 6.07) is 0. The summed E-state index contributed by atoms with van der Waals surface area (Å²) in [6.45, 7) is 16.9. The van der Waals surface area contributed by atoms with E-state index in [1.807, 2.05) is 19.3 Å². The fourth-order valence-electron chi connectivity index (χ4n) is 6.86. The molecule has 1 amide bonds. The summed E-state index contributed by atoms with van der Waals surface area (Å²) in [5, 5.41) is 35.3. The van der Waals surface area contributed by atoms with Gasteiger partial charge in [0.1, 0.15) is 5.60 Å². The van der Waals surface area contributed by atoms with Gasteiger partial charge in [-0.15, -0.1) is 12.1 Å². The van der Waals surface area contributed by atoms with Crippen molar-refractivity contribution in [2.75, 3.05) is 0 Å². The van der Waals surface area contributed by atoms with Crippen molar-refractivity contribution < 1.29 is 44.0 Å². The number of rotatable bonds is 2. The lowest BCUT2D eigenvalue weighted by molar-refractivity contribution is -0.369. The summed E-state index contributed by atoms with van der Waals surface area (Å²) in [7, 11) is 0. The summed E-state index contributed by atoms with van der Waals surface area (Å²) < 4.78 is 11.9. The van der Waals surface area contributed by atoms with Gasteiger partial charge in [-0.1, -0.05) is 26.8 Å². The second kappa shape index (κ2) is 8.51. The molecule has 4 N–H and O–H groups in total. The molecule has 10 heteroatoms. The number of fused-ring (bicyclic) bond motifs is 3. The van der Waals surface area contributed by atoms with E-state index in [-0.39, 0.29) is 6.42 Å². The van der Waals surface area contributed by atoms with Crippen LogP contribution in [0.1, 0.15) is 74.7 Å². The Kier molecular flexibility index (Phi) is 6.75. The Balaban J connectivity index is 2.12. The van der Waals surface area contributed by atoms with Crippen molar-refractivity contribution in [2.45, 2.75) is 110 Å². The summed E-state index contributed by atoms with van der Waals surface area (Å²) in [5.74, 6) is -2.19. The zero-order chi connectivity index (χ0) is 27.7. The van der Waals surface area contributed by atoms with Gasteiger partial charge >= 0.3 is 12.1 Å². The number of hydrogen-bond donors (Lipinski definition) is 4. The Morgan fingerprint density at radius 3 is 2.28 bits per heavy atom. The standard InChI is InChI=1S/C26H41NO9/c1-10-23(7)13-15(29)26(33)24(8)14(28)11-12-22(5,6)17(24)16(30)18(25(26,9)36-23)34-20(32)27-35-19(31)21(2,3)4/h10,14,16-18,28,30,33H,1,11-13H2,2-9H3,(H,27,32)/t14-,16-,17-,18-,23-,24-,25+,26-/m0/s1. The highest BCUT2D eigenvalue weighted by Crippen LogP contribution is 2.67. The lowest BCUT2D eigenvalue weighted by atomic mass is 9.40. The van der Waals surface area contributed by atoms with Crippen LogP contribution in [0.2, 0.25) is 0 Å². The number of Topliss-reactive ketones (excluding diaryl/α,β-unsaturated/α-hetero) is 1. The van der Waals surface area contributed by atoms with E-state index in [0.29, 0.717) is 12.8 Å². The zero-order valence-electron chi connectivity index (χ0n) is 22.5. The van der Waals surface area contributed by atoms with Crippen molar-refractivity contribution in [2.24, 2.45) is 22.2 Å². The van der Waals surface area contributed by atoms with Crippen molar-refractivity contribution in [3.63, 3.8) is 0 Å². The molecule has 36 heavy (non-hydrogen) atoms. The number of nitrogens with one attached hydrogen (secondary N) is 1. The van der Waals surface area contributed by atoms with E-state index in [0.717, 1.165) is 0 Å². The van der Waals surface area contributed by atoms with Gasteiger partial charge in [-0.3, -0.25) is 4.79 Å². The number of amides is 1. The molecule has 1 saturated heterocycles. The van der Waals surface area contributed by atoms with Crippen LogP contribution in [0.15, 0.2) is 12.7 Å². The van der Waals surface area contributed by atoms with Crippen LogP contribution in [-0.2, 0) is 23.9 Å². The molecule has 0 unspecified atom stereocenters. The fraction of sp³-hybridized carbons (Fsp3) is 0.808. The van der Waals surface area contributed by atoms with Crippen molar-refractivity contribution in [1.29, 1.82) is 0 Å². The monoisotopic (exact) mass is 511 g/mol. The van der Waals surface area contributed by atoms with Gasteiger partial charge in [0, 0.05) is 17.8 Å². The number of ether oxygens (including phenoxy) is 2. The topological polar surface area (TPSA) is 152 Å². The summed E-state index contributed by atoms with van der Waals surface area (Å²) >= 11 is 0. The summed E-state index contributed by atoms with van der Waals surface area (Å²) in [5.41, 5.74) is -6.73. The normalized spacial score (nSPS) is 44.0. The van der Waals surface area contributed by atoms with E-state index >= 15 is 0 Å². The van der Waals surface area contributed by atoms with E-state index in [2.05, 4.69) is 6.58 Å². The molecule has 3 aliphatic rings. The van der Waals surface area contributed by atoms with Crippen LogP contribution in [0, 0.1) is 22.2 Å². The number of ketones is 1. The van der Waals surface area contributed by atoms with E-state index in [1.54, 1.807) is 34.6 Å². The smallest absolute Gasteiger partial charge is 0.438 e. The second-order valence-corrected chi connectivity index (χ2v) is 12.9. The first-order valence-corrected chi connectivity index (χ1v) is 12.3. The van der Waals surface area contributed by atoms with Gasteiger partial charge in [-0.05, 0) is 52.9 Å². The number of aliphatic hydroxyl groups excluding tert-OH is 2. The summed E-state index contributed by atoms with van der Waals surface area (Å²) in [4.78, 5) is 43.5. The lowest BCUT2D eigenvalue weighted by Crippen LogP contribution is -2.86. The largest absolute Gasteiger partial charge is 0.441 e. The SMILES string of the molecule is C=C[C@@]1(C)CC(=O)[C@]2(O)[C@@]3(C)[C@@H](O)CCC(C)(C)[C@@H]3[C@H](O)[C@H](OC(=O)NOC(=O)C(C)(C)C)[C@@]2(C)O1. The number of carbonyl (C=O) groups excluding carboxylic acids is 3. The molecule has 10 nitrogen and oxygen atoms in total. The molecule has 1 aliphatic heterocycles. The maximum absolute atomic E-state index is 13.8. The number of hydroxylamine groups is 1. The Labute approximate surface area is 212 Å². The Morgan fingerprint density at radius 1 is 1.17 bits per heavy atom. The number of hydrogen-bond acceptors (Lipinski definition) is 9. The molecule has 8 atom stereocenters. The van der Waals surface area contributed by atoms with Gasteiger partial charge in [0.15, 0.2) is 17.5 Å². The van der Waals surface area contributed by atoms with Crippen molar-refractivity contribution >= 4 is 17.8 Å². The molecular formula is C26H41NO9. The van der Waals surface area contributed by atoms with Gasteiger partial charge in [-0.2, -0.15) is 0 Å². The van der Waals surface area contributed by atoms with Crippen LogP contribution in [0.25, 0.3) is 0 Å². The van der Waals surface area contributed by atoms with Crippen LogP contribution < -0.4 is 5.48 Å². The lowest BCUT2D eigenvalue weighted by Gasteiger charge is -2.71. The van der Waals surface area contributed by atoms with E-state index < -0.39 is 75.1 Å². The molecule has 0 aromatic rings. The second-order valence-electron chi connectivity index (χ2n) is 12.9. The van der Waals surface area contributed by atoms with Crippen LogP contribution in [-0.4, -0.2) is 68.3 Å². The van der Waals surface area contributed by atoms with Crippen molar-refractivity contribution in [1.82, 2.24) is 5.48 Å². The molecule has 0 radical (unpaired) electrons. The van der Waals surface area contributed by atoms with Crippen LogP contribution in [0.4, 0.5) is 4.79 Å². The fourth-order valence-corrected chi connectivity index (χ4v) is 6.86. The van der Waals surface area contributed by atoms with Crippen molar-refractivity contribution in [3.8, 4) is 0 Å². The Hall–Kier alpha value is -2.01. The van der Waals surface area contributed by atoms with Gasteiger partial charge in [0.05, 0.1) is 23.2 Å². The highest BCUT2D eigenvalue weighted by molar-refractivity contribution is 5.92. The van der Waals surface area contributed by atoms with Gasteiger partial charge in [0.2, 0.25) is 0 Å². The predicted octanol–water partition coefficient (Wildman–Crippen LogP) is 2.19. The van der Waals surface area contributed by atoms with Gasteiger partial charge in [-0.25, -0.2) is 9.59 Å². The van der Waals surface area contributed by atoms with Gasteiger partial charge in [0.25, 0.3) is 0 Å². The molecule has 0 aromatic carbocycles. The zero-order valence-corrected chi connectivity index (χ0v) is 22.5. The molecular weight excluding hydrogens is 470 g/mol. The third-order valence-corrected chi connectivity index (χ3v) is 8.80. The highest BCUT2D eigenvalue weighted by atomic mass is 16.7. The minimum absolute atomic E-state index is 0.226. The molecule has 0 aromatic heterocycles. The molecule has 2 aliphatic carbocycles. The molecule has 0 spiro atoms. The first-order valence-electron chi connectivity index (χ1n) is 12.3. The molecule has 204 valence electrons. The van der Waals surface area contributed by atoms with E-state index in [1.165, 1.54) is 13.0 Å². The van der Waals surface area contributed by atoms with Crippen LogP contribution in [0.5, 0.6) is 0 Å². The first-order chi connectivity index (χ1) is 16.2. The van der Waals surface area contributed by atoms with Crippen molar-refractivity contribution in [3.05, 3.63) is 12.7 Å². The average molecular weight is 512 g/mol. The molecule has 0 bridgehead atoms. The van der Waals surface area contributed by atoms with Crippen LogP contribution >= 0.6 is 0 Å². The first kappa shape index (κ1) is 28.6. The maximum atomic E-state index is 13.8.